The van der Waals surface area contributed by atoms with Crippen molar-refractivity contribution in [3.63, 3.8) is 0 Å². The number of carbonyl (C=O) groups excluding carboxylic acids is 1. The molecule has 4 aliphatic rings. The predicted octanol–water partition coefficient (Wildman–Crippen LogP) is 8.61. The Balaban J connectivity index is 1.33. The third-order valence-corrected chi connectivity index (χ3v) is 12.9. The zero-order valence-corrected chi connectivity index (χ0v) is 36.0. The Hall–Kier alpha value is -6.20. The number of aliphatic hydroxyl groups excluding tert-OH is 2. The first-order valence-electron chi connectivity index (χ1n) is 22.0. The van der Waals surface area contributed by atoms with E-state index < -0.39 is 17.7 Å². The van der Waals surface area contributed by atoms with Crippen LogP contribution in [-0.2, 0) is 22.7 Å². The molecule has 1 fully saturated rings. The van der Waals surface area contributed by atoms with Crippen LogP contribution >= 0.6 is 0 Å². The number of aliphatic hydroxyl groups is 2. The molecule has 2 heterocycles. The van der Waals surface area contributed by atoms with Gasteiger partial charge in [-0.15, -0.1) is 6.58 Å². The summed E-state index contributed by atoms with van der Waals surface area (Å²) in [7, 11) is 1.51. The van der Waals surface area contributed by atoms with Gasteiger partial charge in [0.15, 0.2) is 11.5 Å². The largest absolute Gasteiger partial charge is 0.489 e. The Morgan fingerprint density at radius 3 is 2.50 bits per heavy atom. The number of amides is 1. The van der Waals surface area contributed by atoms with E-state index in [9.17, 15) is 19.9 Å². The van der Waals surface area contributed by atoms with E-state index in [4.69, 9.17) is 33.7 Å². The monoisotopic (exact) mass is 871 g/mol. The van der Waals surface area contributed by atoms with E-state index in [1.54, 1.807) is 53.4 Å². The molecule has 0 aromatic heterocycles. The lowest BCUT2D eigenvalue weighted by Crippen LogP contribution is -2.70. The summed E-state index contributed by atoms with van der Waals surface area (Å²) < 4.78 is 47.0. The van der Waals surface area contributed by atoms with Gasteiger partial charge in [-0.1, -0.05) is 54.4 Å². The minimum absolute atomic E-state index is 0.0145. The molecule has 12 nitrogen and oxygen atoms in total. The molecule has 4 aromatic carbocycles. The third kappa shape index (κ3) is 8.95. The summed E-state index contributed by atoms with van der Waals surface area (Å²) in [6.07, 6.45) is 8.46. The number of ether oxygens (including phenoxy) is 5. The summed E-state index contributed by atoms with van der Waals surface area (Å²) in [6.45, 7) is 4.46. The minimum atomic E-state index is -1.52. The van der Waals surface area contributed by atoms with E-state index >= 15 is 4.79 Å². The molecule has 0 bridgehead atoms. The lowest BCUT2D eigenvalue weighted by molar-refractivity contribution is -0.255. The molecule has 6 atom stereocenters. The van der Waals surface area contributed by atoms with Crippen molar-refractivity contribution in [3.8, 4) is 29.1 Å². The first kappa shape index (κ1) is 44.4. The van der Waals surface area contributed by atoms with Gasteiger partial charge in [0.05, 0.1) is 29.9 Å². The Labute approximate surface area is 373 Å². The highest BCUT2D eigenvalue weighted by Gasteiger charge is 2.65. The SMILES string of the molecule is C=CCOC12Oc3ccc(OCc4ccccc4F)cc3C3C(CCCCO)C(CCCCO)C=C(C(=NOC)CC1N(Cc1ccc4c(c1)OCO4)C(=O)c1ccc(C#N)cc1)C32. The lowest BCUT2D eigenvalue weighted by atomic mass is 9.55. The minimum Gasteiger partial charge on any atom is -0.489 e. The zero-order valence-electron chi connectivity index (χ0n) is 36.0. The molecular formula is C51H54FN3O9. The van der Waals surface area contributed by atoms with Gasteiger partial charge in [-0.25, -0.2) is 4.39 Å². The molecule has 13 heteroatoms. The Morgan fingerprint density at radius 1 is 0.984 bits per heavy atom. The highest BCUT2D eigenvalue weighted by molar-refractivity contribution is 6.03. The highest BCUT2D eigenvalue weighted by atomic mass is 19.1. The highest BCUT2D eigenvalue weighted by Crippen LogP contribution is 2.62. The molecule has 1 saturated carbocycles. The van der Waals surface area contributed by atoms with Gasteiger partial charge in [0.2, 0.25) is 12.6 Å². The van der Waals surface area contributed by atoms with Crippen LogP contribution in [0.15, 0.2) is 114 Å². The molecule has 8 rings (SSSR count). The maximum atomic E-state index is 15.3. The number of hydrogen-bond donors (Lipinski definition) is 2. The first-order valence-corrected chi connectivity index (χ1v) is 22.0. The van der Waals surface area contributed by atoms with Gasteiger partial charge in [0, 0.05) is 48.8 Å². The Bertz CT molecular complexity index is 2410. The Morgan fingerprint density at radius 2 is 1.75 bits per heavy atom. The van der Waals surface area contributed by atoms with Crippen molar-refractivity contribution in [1.82, 2.24) is 4.90 Å². The molecule has 2 N–H and O–H groups in total. The zero-order chi connectivity index (χ0) is 44.6. The van der Waals surface area contributed by atoms with Gasteiger partial charge < -0.3 is 43.6 Å². The van der Waals surface area contributed by atoms with Crippen LogP contribution < -0.4 is 18.9 Å². The van der Waals surface area contributed by atoms with E-state index in [0.717, 1.165) is 42.4 Å². The van der Waals surface area contributed by atoms with Crippen molar-refractivity contribution in [3.05, 3.63) is 143 Å². The topological polar surface area (TPSA) is 152 Å². The van der Waals surface area contributed by atoms with Crippen molar-refractivity contribution in [1.29, 1.82) is 5.26 Å². The van der Waals surface area contributed by atoms with Crippen molar-refractivity contribution in [2.24, 2.45) is 22.9 Å². The molecule has 4 aromatic rings. The number of fused-ring (bicyclic) bond motifs is 3. The second-order valence-electron chi connectivity index (χ2n) is 16.6. The summed E-state index contributed by atoms with van der Waals surface area (Å²) in [4.78, 5) is 22.7. The summed E-state index contributed by atoms with van der Waals surface area (Å²) in [5, 5.41) is 34.2. The lowest BCUT2D eigenvalue weighted by Gasteiger charge is -2.60. The van der Waals surface area contributed by atoms with Crippen LogP contribution in [-0.4, -0.2) is 72.3 Å². The number of nitrogens with zero attached hydrogens (tertiary/aromatic N) is 3. The average Bonchev–Trinajstić information content (AvgIpc) is 3.79. The van der Waals surface area contributed by atoms with Gasteiger partial charge in [-0.2, -0.15) is 5.26 Å². The average molecular weight is 872 g/mol. The number of allylic oxidation sites excluding steroid dienone is 1. The van der Waals surface area contributed by atoms with Crippen LogP contribution in [0.2, 0.25) is 0 Å². The summed E-state index contributed by atoms with van der Waals surface area (Å²) in [6, 6.07) is 25.7. The van der Waals surface area contributed by atoms with E-state index in [-0.39, 0.29) is 75.7 Å². The maximum absolute atomic E-state index is 15.3. The third-order valence-electron chi connectivity index (χ3n) is 12.9. The number of oxime groups is 1. The van der Waals surface area contributed by atoms with Crippen molar-refractivity contribution >= 4 is 11.6 Å². The second-order valence-corrected chi connectivity index (χ2v) is 16.6. The number of rotatable bonds is 19. The molecule has 2 aliphatic carbocycles. The van der Waals surface area contributed by atoms with Crippen LogP contribution in [0.1, 0.15) is 83.5 Å². The number of halogens is 1. The normalized spacial score (nSPS) is 23.2. The predicted molar refractivity (Wildman–Crippen MR) is 236 cm³/mol. The number of nitriles is 1. The fraction of sp³-hybridized carbons (Fsp3) is 0.392. The van der Waals surface area contributed by atoms with Crippen molar-refractivity contribution < 1.29 is 47.9 Å². The quantitative estimate of drug-likeness (QED) is 0.0532. The van der Waals surface area contributed by atoms with Crippen LogP contribution in [0.25, 0.3) is 0 Å². The van der Waals surface area contributed by atoms with Gasteiger partial charge in [-0.3, -0.25) is 4.79 Å². The Kier molecular flexibility index (Phi) is 13.9. The van der Waals surface area contributed by atoms with Gasteiger partial charge in [0.1, 0.15) is 37.1 Å². The molecule has 334 valence electrons. The maximum Gasteiger partial charge on any atom is 0.254 e. The second kappa shape index (κ2) is 20.1. The van der Waals surface area contributed by atoms with Gasteiger partial charge >= 0.3 is 0 Å². The molecule has 0 radical (unpaired) electrons. The van der Waals surface area contributed by atoms with Gasteiger partial charge in [-0.05, 0) is 109 Å². The fourth-order valence-electron chi connectivity index (χ4n) is 10.0. The smallest absolute Gasteiger partial charge is 0.254 e. The van der Waals surface area contributed by atoms with Crippen molar-refractivity contribution in [2.75, 3.05) is 33.7 Å². The number of carbonyl (C=O) groups is 1. The van der Waals surface area contributed by atoms with Crippen molar-refractivity contribution in [2.45, 2.75) is 75.8 Å². The molecule has 0 spiro atoms. The number of benzene rings is 4. The summed E-state index contributed by atoms with van der Waals surface area (Å²) in [5.74, 6) is -0.797. The standard InChI is InChI=1S/C51H54FN3O9/c1-3-24-63-51-47(55(50(58)35-17-14-33(29-53)15-18-35)30-34-16-20-45-46(25-34)62-32-61-45)28-43(54-59-2)40-26-36(10-6-8-22-56)39(12-7-9-23-57)48(49(40)51)41-27-38(19-21-44(41)64-51)60-31-37-11-4-5-13-42(37)52/h3-5,11,13-21,25-27,36,39,47-49,56-57H,1,6-10,12,22-24,28,30-32H2,2H3. The van der Waals surface area contributed by atoms with Crippen LogP contribution in [0, 0.1) is 34.9 Å². The summed E-state index contributed by atoms with van der Waals surface area (Å²) in [5.41, 5.74) is 4.38. The van der Waals surface area contributed by atoms with E-state index in [1.165, 1.54) is 13.2 Å². The molecule has 0 saturated heterocycles. The molecule has 1 amide bonds. The fourth-order valence-corrected chi connectivity index (χ4v) is 10.0. The molecular weight excluding hydrogens is 818 g/mol. The molecule has 6 unspecified atom stereocenters. The van der Waals surface area contributed by atoms with Crippen LogP contribution in [0.4, 0.5) is 4.39 Å². The number of hydrogen-bond acceptors (Lipinski definition) is 11. The number of unbranched alkanes of at least 4 members (excludes halogenated alkanes) is 2. The summed E-state index contributed by atoms with van der Waals surface area (Å²) >= 11 is 0. The van der Waals surface area contributed by atoms with Gasteiger partial charge in [0.25, 0.3) is 5.91 Å². The molecule has 64 heavy (non-hydrogen) atoms. The van der Waals surface area contributed by atoms with Crippen LogP contribution in [0.5, 0.6) is 23.0 Å². The van der Waals surface area contributed by atoms with E-state index in [0.29, 0.717) is 58.2 Å². The van der Waals surface area contributed by atoms with E-state index in [1.807, 2.05) is 36.4 Å². The first-order chi connectivity index (χ1) is 31.3. The molecule has 2 aliphatic heterocycles. The van der Waals surface area contributed by atoms with E-state index in [2.05, 4.69) is 18.7 Å². The van der Waals surface area contributed by atoms with Crippen LogP contribution in [0.3, 0.4) is 0 Å².